The van der Waals surface area contributed by atoms with Gasteiger partial charge in [0.2, 0.25) is 5.95 Å². The molecule has 0 atom stereocenters. The Morgan fingerprint density at radius 1 is 1.17 bits per heavy atom. The molecular formula is C17H16AsCl2N5O5. The molecule has 1 amide bonds. The summed E-state index contributed by atoms with van der Waals surface area (Å²) in [6.45, 7) is 1.27. The first-order chi connectivity index (χ1) is 14.0. The van der Waals surface area contributed by atoms with Crippen LogP contribution in [-0.2, 0) is 8.53 Å². The topological polar surface area (TPSA) is 172 Å². The van der Waals surface area contributed by atoms with E-state index in [1.807, 2.05) is 0 Å². The predicted molar refractivity (Wildman–Crippen MR) is 113 cm³/mol. The van der Waals surface area contributed by atoms with Gasteiger partial charge in [0.15, 0.2) is 0 Å². The van der Waals surface area contributed by atoms with Crippen LogP contribution in [0.1, 0.15) is 6.92 Å². The van der Waals surface area contributed by atoms with Crippen LogP contribution in [0.2, 0.25) is 10.0 Å². The quantitative estimate of drug-likeness (QED) is 0.255. The molecule has 0 saturated carbocycles. The molecule has 0 aliphatic heterocycles. The van der Waals surface area contributed by atoms with Gasteiger partial charge >= 0.3 is 88.1 Å². The number of nitrogen functional groups attached to an aromatic ring is 1. The van der Waals surface area contributed by atoms with E-state index in [9.17, 15) is 13.6 Å². The summed E-state index contributed by atoms with van der Waals surface area (Å²) in [7, 11) is 0. The summed E-state index contributed by atoms with van der Waals surface area (Å²) >= 11 is 6.73. The number of hydrogen-bond donors (Lipinski definition) is 5. The molecule has 158 valence electrons. The molecule has 0 bridgehead atoms. The molecule has 3 aromatic rings. The summed E-state index contributed by atoms with van der Waals surface area (Å²) in [6, 6.07) is 8.81. The predicted octanol–water partition coefficient (Wildman–Crippen LogP) is 1.34. The third-order valence-electron chi connectivity index (χ3n) is 3.42. The van der Waals surface area contributed by atoms with E-state index in [4.69, 9.17) is 37.1 Å². The zero-order chi connectivity index (χ0) is 22.5. The minimum absolute atomic E-state index is 0.122. The van der Waals surface area contributed by atoms with Gasteiger partial charge in [-0.05, 0) is 6.07 Å². The van der Waals surface area contributed by atoms with Gasteiger partial charge in [-0.1, -0.05) is 35.3 Å². The van der Waals surface area contributed by atoms with E-state index in [-0.39, 0.29) is 17.5 Å². The van der Waals surface area contributed by atoms with Crippen molar-refractivity contribution in [3.05, 3.63) is 52.6 Å². The maximum atomic E-state index is 11.0. The molecule has 0 saturated heterocycles. The van der Waals surface area contributed by atoms with Gasteiger partial charge in [0, 0.05) is 5.56 Å². The summed E-state index contributed by atoms with van der Waals surface area (Å²) in [5.74, 6) is -0.710. The number of nitrogens with zero attached hydrogens (tertiary/aromatic N) is 3. The Morgan fingerprint density at radius 3 is 2.43 bits per heavy atom. The summed E-state index contributed by atoms with van der Waals surface area (Å²) in [6.07, 6.45) is 1.50. The van der Waals surface area contributed by atoms with Crippen molar-refractivity contribution in [3.8, 4) is 17.0 Å². The van der Waals surface area contributed by atoms with Gasteiger partial charge in [-0.2, -0.15) is 0 Å². The number of amides is 1. The third kappa shape index (κ3) is 6.44. The number of aromatic nitrogens is 3. The van der Waals surface area contributed by atoms with Crippen molar-refractivity contribution in [2.75, 3.05) is 11.1 Å². The second-order valence-electron chi connectivity index (χ2n) is 5.73. The van der Waals surface area contributed by atoms with Crippen molar-refractivity contribution >= 4 is 59.3 Å². The Kier molecular flexibility index (Phi) is 7.82. The van der Waals surface area contributed by atoms with Crippen LogP contribution in [0.25, 0.3) is 11.3 Å². The molecule has 6 N–H and O–H groups in total. The second kappa shape index (κ2) is 9.92. The zero-order valence-corrected chi connectivity index (χ0v) is 18.7. The Morgan fingerprint density at radius 2 is 1.87 bits per heavy atom. The number of nitrogens with two attached hydrogens (primary N) is 1. The molecule has 1 aromatic heterocycles. The van der Waals surface area contributed by atoms with Crippen molar-refractivity contribution in [3.63, 3.8) is 0 Å². The van der Waals surface area contributed by atoms with Gasteiger partial charge < -0.3 is 5.73 Å². The van der Waals surface area contributed by atoms with E-state index in [1.165, 1.54) is 19.2 Å². The molecule has 0 spiro atoms. The van der Waals surface area contributed by atoms with Gasteiger partial charge in [-0.3, -0.25) is 0 Å². The summed E-state index contributed by atoms with van der Waals surface area (Å²) < 4.78 is 28.4. The van der Waals surface area contributed by atoms with Gasteiger partial charge in [0.1, 0.15) is 5.69 Å². The Labute approximate surface area is 183 Å². The molecule has 0 aliphatic rings. The molecule has 30 heavy (non-hydrogen) atoms. The van der Waals surface area contributed by atoms with Gasteiger partial charge in [-0.25, -0.2) is 4.98 Å². The van der Waals surface area contributed by atoms with Gasteiger partial charge in [0.25, 0.3) is 0 Å². The van der Waals surface area contributed by atoms with Crippen molar-refractivity contribution in [2.45, 2.75) is 6.92 Å². The summed E-state index contributed by atoms with van der Waals surface area (Å²) in [5, 5.41) is 20.0. The van der Waals surface area contributed by atoms with Crippen molar-refractivity contribution in [1.82, 2.24) is 15.2 Å². The number of nitrogens with one attached hydrogen (secondary N) is 1. The van der Waals surface area contributed by atoms with Gasteiger partial charge in [-0.15, -0.1) is 10.2 Å². The van der Waals surface area contributed by atoms with Crippen LogP contribution < -0.4 is 15.4 Å². The number of hydrogen-bond acceptors (Lipinski definition) is 7. The van der Waals surface area contributed by atoms with Crippen LogP contribution in [0.3, 0.4) is 0 Å². The normalized spacial score (nSPS) is 10.7. The maximum Gasteiger partial charge on any atom is 0.240 e. The van der Waals surface area contributed by atoms with Crippen LogP contribution >= 0.6 is 23.2 Å². The Hall–Kier alpha value is -2.62. The largest absolute Gasteiger partial charge is 0.366 e. The smallest absolute Gasteiger partial charge is 0.240 e. The Bertz CT molecular complexity index is 1110. The van der Waals surface area contributed by atoms with Crippen LogP contribution in [0.15, 0.2) is 42.6 Å². The number of aromatic hydroxyl groups is 1. The molecule has 13 heteroatoms. The minimum atomic E-state index is -5.15. The first kappa shape index (κ1) is 23.7. The first-order valence-electron chi connectivity index (χ1n) is 8.05. The van der Waals surface area contributed by atoms with E-state index in [1.54, 1.807) is 18.2 Å². The first-order valence-corrected chi connectivity index (χ1v) is 12.2. The number of phenols is 1. The van der Waals surface area contributed by atoms with Crippen molar-refractivity contribution in [1.29, 1.82) is 0 Å². The van der Waals surface area contributed by atoms with E-state index in [0.29, 0.717) is 21.3 Å². The van der Waals surface area contributed by atoms with Crippen molar-refractivity contribution in [2.24, 2.45) is 0 Å². The number of carbonyl (C=O) groups excluding carboxylic acids is 1. The average molecular weight is 516 g/mol. The molecule has 10 nitrogen and oxygen atoms in total. The molecule has 0 fully saturated rings. The summed E-state index contributed by atoms with van der Waals surface area (Å²) in [5.41, 5.74) is 6.79. The van der Waals surface area contributed by atoms with E-state index >= 15 is 0 Å². The average Bonchev–Trinajstić information content (AvgIpc) is 2.66. The third-order valence-corrected chi connectivity index (χ3v) is 6.30. The number of rotatable bonds is 3. The molecule has 1 heterocycles. The minimum Gasteiger partial charge on any atom is -0.366 e. The molecule has 3 rings (SSSR count). The van der Waals surface area contributed by atoms with Crippen LogP contribution in [0.4, 0.5) is 11.6 Å². The monoisotopic (exact) mass is 515 g/mol. The van der Waals surface area contributed by atoms with E-state index in [2.05, 4.69) is 20.5 Å². The number of halogens is 2. The zero-order valence-electron chi connectivity index (χ0n) is 15.3. The fraction of sp³-hybridized carbons (Fsp3) is 0.0588. The molecular weight excluding hydrogens is 500 g/mol. The maximum absolute atomic E-state index is 11.0. The fourth-order valence-electron chi connectivity index (χ4n) is 2.15. The Balaban J connectivity index is 0.000000214. The molecule has 2 aromatic carbocycles. The number of anilines is 2. The van der Waals surface area contributed by atoms with Crippen LogP contribution in [0.5, 0.6) is 5.75 Å². The SMILES string of the molecule is CC(=O)Nc1ccc(O)c([As](=O)(O)O)c1.Nc1ncc(-c2cccc(Cl)c2Cl)nn1. The number of carbonyl (C=O) groups is 1. The molecule has 0 aliphatic carbocycles. The number of benzene rings is 2. The van der Waals surface area contributed by atoms with Crippen molar-refractivity contribution < 1.29 is 21.8 Å². The number of phenolic OH excluding ortho intramolecular Hbond substituents is 1. The fourth-order valence-corrected chi connectivity index (χ4v) is 3.97. The van der Waals surface area contributed by atoms with E-state index in [0.717, 1.165) is 12.1 Å². The molecule has 0 radical (unpaired) electrons. The summed E-state index contributed by atoms with van der Waals surface area (Å²) in [4.78, 5) is 14.5. The van der Waals surface area contributed by atoms with E-state index < -0.39 is 24.3 Å². The second-order valence-corrected chi connectivity index (χ2v) is 9.81. The standard InChI is InChI=1S/C9H6Cl2N4.C8H10AsNO5/c10-6-3-1-2-5(8(6)11)7-4-13-9(12)15-14-7;1-5(11)10-6-2-3-8(12)7(4-6)9(13,14)15/h1-4H,(H2,12,13,15);2-4,12H,1H3,(H,10,11)(H2,13,14,15). The van der Waals surface area contributed by atoms with Crippen LogP contribution in [0, 0.1) is 0 Å². The van der Waals surface area contributed by atoms with Gasteiger partial charge in [0.05, 0.1) is 16.2 Å². The molecule has 0 unspecified atom stereocenters. The van der Waals surface area contributed by atoms with Crippen LogP contribution in [-0.4, -0.2) is 48.6 Å².